The fraction of sp³-hybridized carbons (Fsp3) is 1.00. The van der Waals surface area contributed by atoms with E-state index >= 15 is 0 Å². The molecule has 0 aliphatic carbocycles. The molecule has 2 heteroatoms. The van der Waals surface area contributed by atoms with Crippen molar-refractivity contribution in [3.05, 3.63) is 0 Å². The van der Waals surface area contributed by atoms with Gasteiger partial charge in [-0.05, 0) is 18.8 Å². The third-order valence-corrected chi connectivity index (χ3v) is 2.45. The molecule has 1 saturated heterocycles. The molecule has 2 atom stereocenters. The first kappa shape index (κ1) is 9.01. The Morgan fingerprint density at radius 3 is 2.64 bits per heavy atom. The lowest BCUT2D eigenvalue weighted by Gasteiger charge is -2.16. The molecule has 1 rings (SSSR count). The van der Waals surface area contributed by atoms with Crippen molar-refractivity contribution in [3.8, 4) is 0 Å². The third-order valence-electron chi connectivity index (χ3n) is 2.45. The SMILES string of the molecule is COCC1CCC(C(C)C)N1. The van der Waals surface area contributed by atoms with Crippen molar-refractivity contribution in [1.82, 2.24) is 5.32 Å². The van der Waals surface area contributed by atoms with Crippen LogP contribution in [0.1, 0.15) is 26.7 Å². The van der Waals surface area contributed by atoms with Gasteiger partial charge in [0.2, 0.25) is 0 Å². The van der Waals surface area contributed by atoms with Gasteiger partial charge in [-0.2, -0.15) is 0 Å². The van der Waals surface area contributed by atoms with Crippen LogP contribution >= 0.6 is 0 Å². The topological polar surface area (TPSA) is 21.3 Å². The molecule has 0 aromatic heterocycles. The van der Waals surface area contributed by atoms with Gasteiger partial charge in [0.25, 0.3) is 0 Å². The Hall–Kier alpha value is -0.0800. The minimum Gasteiger partial charge on any atom is -0.383 e. The van der Waals surface area contributed by atoms with Crippen molar-refractivity contribution in [3.63, 3.8) is 0 Å². The first-order chi connectivity index (χ1) is 5.24. The van der Waals surface area contributed by atoms with Crippen LogP contribution in [0.15, 0.2) is 0 Å². The summed E-state index contributed by atoms with van der Waals surface area (Å²) >= 11 is 0. The molecule has 2 unspecified atom stereocenters. The van der Waals surface area contributed by atoms with Crippen molar-refractivity contribution in [1.29, 1.82) is 0 Å². The molecule has 0 spiro atoms. The molecule has 2 nitrogen and oxygen atoms in total. The van der Waals surface area contributed by atoms with Crippen molar-refractivity contribution >= 4 is 0 Å². The van der Waals surface area contributed by atoms with Crippen LogP contribution < -0.4 is 5.32 Å². The highest BCUT2D eigenvalue weighted by atomic mass is 16.5. The van der Waals surface area contributed by atoms with Crippen LogP contribution in [0.25, 0.3) is 0 Å². The van der Waals surface area contributed by atoms with Crippen molar-refractivity contribution < 1.29 is 4.74 Å². The Morgan fingerprint density at radius 2 is 2.18 bits per heavy atom. The number of methoxy groups -OCH3 is 1. The van der Waals surface area contributed by atoms with E-state index in [1.54, 1.807) is 7.11 Å². The van der Waals surface area contributed by atoms with Gasteiger partial charge >= 0.3 is 0 Å². The van der Waals surface area contributed by atoms with Gasteiger partial charge in [-0.3, -0.25) is 0 Å². The molecule has 0 amide bonds. The summed E-state index contributed by atoms with van der Waals surface area (Å²) in [4.78, 5) is 0. The minimum absolute atomic E-state index is 0.604. The quantitative estimate of drug-likeness (QED) is 0.669. The Kier molecular flexibility index (Phi) is 3.34. The van der Waals surface area contributed by atoms with E-state index in [0.717, 1.165) is 18.6 Å². The monoisotopic (exact) mass is 157 g/mol. The fourth-order valence-corrected chi connectivity index (χ4v) is 1.71. The molecular weight excluding hydrogens is 138 g/mol. The molecule has 66 valence electrons. The zero-order valence-electron chi connectivity index (χ0n) is 7.76. The lowest BCUT2D eigenvalue weighted by Crippen LogP contribution is -2.35. The summed E-state index contributed by atoms with van der Waals surface area (Å²) in [5.74, 6) is 0.761. The van der Waals surface area contributed by atoms with E-state index in [1.807, 2.05) is 0 Å². The van der Waals surface area contributed by atoms with Gasteiger partial charge in [0.05, 0.1) is 6.61 Å². The first-order valence-electron chi connectivity index (χ1n) is 4.49. The van der Waals surface area contributed by atoms with E-state index in [1.165, 1.54) is 12.8 Å². The van der Waals surface area contributed by atoms with Crippen LogP contribution in [-0.4, -0.2) is 25.8 Å². The lowest BCUT2D eigenvalue weighted by atomic mass is 10.0. The van der Waals surface area contributed by atoms with E-state index in [2.05, 4.69) is 19.2 Å². The van der Waals surface area contributed by atoms with E-state index in [0.29, 0.717) is 6.04 Å². The smallest absolute Gasteiger partial charge is 0.0615 e. The lowest BCUT2D eigenvalue weighted by molar-refractivity contribution is 0.170. The Bertz CT molecular complexity index is 114. The summed E-state index contributed by atoms with van der Waals surface area (Å²) in [6.07, 6.45) is 2.59. The average Bonchev–Trinajstić information content (AvgIpc) is 2.37. The van der Waals surface area contributed by atoms with E-state index in [4.69, 9.17) is 4.74 Å². The molecule has 0 aromatic carbocycles. The zero-order valence-corrected chi connectivity index (χ0v) is 7.76. The summed E-state index contributed by atoms with van der Waals surface area (Å²) in [5.41, 5.74) is 0. The van der Waals surface area contributed by atoms with Crippen LogP contribution in [0.5, 0.6) is 0 Å². The number of ether oxygens (including phenoxy) is 1. The minimum atomic E-state index is 0.604. The molecule has 1 aliphatic rings. The first-order valence-corrected chi connectivity index (χ1v) is 4.49. The third kappa shape index (κ3) is 2.46. The van der Waals surface area contributed by atoms with Gasteiger partial charge in [0.1, 0.15) is 0 Å². The van der Waals surface area contributed by atoms with Crippen molar-refractivity contribution in [2.75, 3.05) is 13.7 Å². The molecule has 1 N–H and O–H groups in total. The second-order valence-electron chi connectivity index (χ2n) is 3.75. The molecule has 0 aromatic rings. The van der Waals surface area contributed by atoms with E-state index in [9.17, 15) is 0 Å². The average molecular weight is 157 g/mol. The maximum atomic E-state index is 5.09. The highest BCUT2D eigenvalue weighted by Gasteiger charge is 2.25. The molecule has 0 bridgehead atoms. The Morgan fingerprint density at radius 1 is 1.45 bits per heavy atom. The normalized spacial score (nSPS) is 31.6. The van der Waals surface area contributed by atoms with Crippen LogP contribution in [0.2, 0.25) is 0 Å². The fourth-order valence-electron chi connectivity index (χ4n) is 1.71. The second kappa shape index (κ2) is 4.07. The maximum absolute atomic E-state index is 5.09. The van der Waals surface area contributed by atoms with Gasteiger partial charge in [-0.25, -0.2) is 0 Å². The molecule has 1 aliphatic heterocycles. The van der Waals surface area contributed by atoms with Gasteiger partial charge in [0, 0.05) is 19.2 Å². The number of hydrogen-bond acceptors (Lipinski definition) is 2. The van der Waals surface area contributed by atoms with Crippen LogP contribution in [-0.2, 0) is 4.74 Å². The van der Waals surface area contributed by atoms with Crippen molar-refractivity contribution in [2.24, 2.45) is 5.92 Å². The van der Waals surface area contributed by atoms with Gasteiger partial charge in [0.15, 0.2) is 0 Å². The molecular formula is C9H19NO. The molecule has 1 fully saturated rings. The number of hydrogen-bond donors (Lipinski definition) is 1. The second-order valence-corrected chi connectivity index (χ2v) is 3.75. The maximum Gasteiger partial charge on any atom is 0.0615 e. The summed E-state index contributed by atoms with van der Waals surface area (Å²) in [5, 5.41) is 3.57. The molecule has 0 radical (unpaired) electrons. The van der Waals surface area contributed by atoms with Gasteiger partial charge in [-0.15, -0.1) is 0 Å². The number of rotatable bonds is 3. The summed E-state index contributed by atoms with van der Waals surface area (Å²) in [7, 11) is 1.77. The van der Waals surface area contributed by atoms with Gasteiger partial charge in [-0.1, -0.05) is 13.8 Å². The highest BCUT2D eigenvalue weighted by molar-refractivity contribution is 4.84. The summed E-state index contributed by atoms with van der Waals surface area (Å²) < 4.78 is 5.09. The molecule has 11 heavy (non-hydrogen) atoms. The van der Waals surface area contributed by atoms with Crippen LogP contribution in [0.4, 0.5) is 0 Å². The summed E-state index contributed by atoms with van der Waals surface area (Å²) in [6.45, 7) is 5.41. The highest BCUT2D eigenvalue weighted by Crippen LogP contribution is 2.18. The van der Waals surface area contributed by atoms with E-state index < -0.39 is 0 Å². The summed E-state index contributed by atoms with van der Waals surface area (Å²) in [6, 6.07) is 1.32. The Labute approximate surface area is 69.3 Å². The molecule has 0 saturated carbocycles. The number of nitrogens with one attached hydrogen (secondary N) is 1. The zero-order chi connectivity index (χ0) is 8.27. The largest absolute Gasteiger partial charge is 0.383 e. The van der Waals surface area contributed by atoms with E-state index in [-0.39, 0.29) is 0 Å². The van der Waals surface area contributed by atoms with Crippen LogP contribution in [0, 0.1) is 5.92 Å². The van der Waals surface area contributed by atoms with Crippen LogP contribution in [0.3, 0.4) is 0 Å². The van der Waals surface area contributed by atoms with Crippen molar-refractivity contribution in [2.45, 2.75) is 38.8 Å². The molecule has 1 heterocycles. The predicted molar refractivity (Wildman–Crippen MR) is 46.7 cm³/mol. The Balaban J connectivity index is 2.23. The predicted octanol–water partition coefficient (Wildman–Crippen LogP) is 1.41. The van der Waals surface area contributed by atoms with Gasteiger partial charge < -0.3 is 10.1 Å². The standard InChI is InChI=1S/C9H19NO/c1-7(2)9-5-4-8(10-9)6-11-3/h7-10H,4-6H2,1-3H3.